The summed E-state index contributed by atoms with van der Waals surface area (Å²) >= 11 is 0. The average molecular weight is 479 g/mol. The fraction of sp³-hybridized carbons (Fsp3) is 0.500. The zero-order chi connectivity index (χ0) is 22.7. The van der Waals surface area contributed by atoms with Gasteiger partial charge in [-0.2, -0.15) is 13.5 Å². The van der Waals surface area contributed by atoms with E-state index in [2.05, 4.69) is 0 Å². The molecule has 4 nitrogen and oxygen atoms in total. The van der Waals surface area contributed by atoms with Crippen LogP contribution in [0.3, 0.4) is 0 Å². The van der Waals surface area contributed by atoms with Crippen molar-refractivity contribution >= 4 is 19.5 Å². The predicted molar refractivity (Wildman–Crippen MR) is 128 cm³/mol. The number of carboxylic acid groups (broad SMARTS) is 1. The SMILES string of the molecule is COc1ccc(F)c(C2(F)CCC(COc3cccc([C@@H](CC(=O)O)C4CC4)c3)CC2)c1.S. The molecule has 0 bridgehead atoms. The summed E-state index contributed by atoms with van der Waals surface area (Å²) in [4.78, 5) is 11.3. The number of carboxylic acids is 1. The van der Waals surface area contributed by atoms with E-state index in [1.807, 2.05) is 24.3 Å². The monoisotopic (exact) mass is 478 g/mol. The molecule has 0 radical (unpaired) electrons. The molecule has 2 saturated carbocycles. The number of hydrogen-bond acceptors (Lipinski definition) is 3. The summed E-state index contributed by atoms with van der Waals surface area (Å²) in [5.74, 6) is 0.508. The second kappa shape index (κ2) is 10.8. The topological polar surface area (TPSA) is 55.8 Å². The third kappa shape index (κ3) is 6.19. The summed E-state index contributed by atoms with van der Waals surface area (Å²) in [5, 5.41) is 9.24. The van der Waals surface area contributed by atoms with Crippen LogP contribution in [0.4, 0.5) is 8.78 Å². The van der Waals surface area contributed by atoms with E-state index in [4.69, 9.17) is 9.47 Å². The highest BCUT2D eigenvalue weighted by Gasteiger charge is 2.39. The first-order valence-corrected chi connectivity index (χ1v) is 11.4. The van der Waals surface area contributed by atoms with E-state index < -0.39 is 17.5 Å². The molecular weight excluding hydrogens is 446 g/mol. The number of carbonyl (C=O) groups is 1. The first-order chi connectivity index (χ1) is 15.4. The van der Waals surface area contributed by atoms with E-state index in [0.29, 0.717) is 31.1 Å². The quantitative estimate of drug-likeness (QED) is 0.456. The minimum Gasteiger partial charge on any atom is -0.497 e. The maximum Gasteiger partial charge on any atom is 0.303 e. The molecule has 7 heteroatoms. The summed E-state index contributed by atoms with van der Waals surface area (Å²) in [7, 11) is 1.49. The summed E-state index contributed by atoms with van der Waals surface area (Å²) in [6.45, 7) is 0.465. The maximum absolute atomic E-state index is 15.6. The smallest absolute Gasteiger partial charge is 0.303 e. The molecule has 2 aromatic carbocycles. The molecule has 0 saturated heterocycles. The number of methoxy groups -OCH3 is 1. The molecule has 0 unspecified atom stereocenters. The largest absolute Gasteiger partial charge is 0.497 e. The molecule has 0 heterocycles. The predicted octanol–water partition coefficient (Wildman–Crippen LogP) is 6.35. The molecule has 1 N–H and O–H groups in total. The van der Waals surface area contributed by atoms with E-state index in [1.165, 1.54) is 25.3 Å². The van der Waals surface area contributed by atoms with Crippen LogP contribution in [-0.2, 0) is 10.5 Å². The van der Waals surface area contributed by atoms with Crippen LogP contribution < -0.4 is 9.47 Å². The Labute approximate surface area is 200 Å². The Morgan fingerprint density at radius 1 is 1.12 bits per heavy atom. The van der Waals surface area contributed by atoms with Crippen molar-refractivity contribution in [3.05, 3.63) is 59.4 Å². The molecule has 0 aromatic heterocycles. The van der Waals surface area contributed by atoms with Crippen LogP contribution in [0.25, 0.3) is 0 Å². The highest BCUT2D eigenvalue weighted by atomic mass is 32.1. The standard InChI is InChI=1S/C26H30F2O4.H2S/c1-31-20-7-8-24(27)23(14-20)26(28)11-9-17(10-12-26)16-32-21-4-2-3-19(13-21)22(15-25(29)30)18-5-6-18;/h2-4,7-8,13-14,17-18,22H,5-6,9-12,15-16H2,1H3,(H,29,30);1H2/t17?,22-,26?;/m0./s1. The molecule has 2 fully saturated rings. The van der Waals surface area contributed by atoms with Crippen LogP contribution >= 0.6 is 13.5 Å². The minimum atomic E-state index is -1.69. The average Bonchev–Trinajstić information content (AvgIpc) is 3.63. The molecule has 0 spiro atoms. The molecule has 33 heavy (non-hydrogen) atoms. The molecule has 0 amide bonds. The van der Waals surface area contributed by atoms with E-state index in [-0.39, 0.29) is 50.2 Å². The number of hydrogen-bond donors (Lipinski definition) is 1. The number of halogens is 2. The van der Waals surface area contributed by atoms with Crippen LogP contribution in [0, 0.1) is 17.7 Å². The summed E-state index contributed by atoms with van der Waals surface area (Å²) in [6, 6.07) is 11.9. The number of benzene rings is 2. The Morgan fingerprint density at radius 3 is 2.48 bits per heavy atom. The lowest BCUT2D eigenvalue weighted by atomic mass is 9.76. The van der Waals surface area contributed by atoms with E-state index in [0.717, 1.165) is 24.2 Å². The van der Waals surface area contributed by atoms with Gasteiger partial charge in [-0.25, -0.2) is 8.78 Å². The normalized spacial score (nSPS) is 23.3. The Balaban J connectivity index is 0.00000306. The van der Waals surface area contributed by atoms with Crippen molar-refractivity contribution in [1.29, 1.82) is 0 Å². The highest BCUT2D eigenvalue weighted by molar-refractivity contribution is 7.59. The Morgan fingerprint density at radius 2 is 1.85 bits per heavy atom. The fourth-order valence-corrected chi connectivity index (χ4v) is 4.84. The molecule has 2 aliphatic rings. The summed E-state index contributed by atoms with van der Waals surface area (Å²) in [5.41, 5.74) is -0.607. The molecule has 4 rings (SSSR count). The zero-order valence-corrected chi connectivity index (χ0v) is 19.9. The number of aliphatic carboxylic acids is 1. The van der Waals surface area contributed by atoms with Crippen molar-refractivity contribution in [2.45, 2.75) is 56.5 Å². The molecule has 180 valence electrons. The van der Waals surface area contributed by atoms with Crippen molar-refractivity contribution in [1.82, 2.24) is 0 Å². The van der Waals surface area contributed by atoms with E-state index in [1.54, 1.807) is 0 Å². The van der Waals surface area contributed by atoms with Crippen molar-refractivity contribution in [3.63, 3.8) is 0 Å². The number of alkyl halides is 1. The second-order valence-electron chi connectivity index (χ2n) is 9.18. The van der Waals surface area contributed by atoms with E-state index in [9.17, 15) is 14.3 Å². The van der Waals surface area contributed by atoms with Gasteiger partial charge in [0, 0.05) is 5.56 Å². The molecule has 2 aliphatic carbocycles. The number of ether oxygens (including phenoxy) is 2. The van der Waals surface area contributed by atoms with Gasteiger partial charge < -0.3 is 14.6 Å². The summed E-state index contributed by atoms with van der Waals surface area (Å²) in [6.07, 6.45) is 3.98. The molecule has 1 atom stereocenters. The highest BCUT2D eigenvalue weighted by Crippen LogP contribution is 2.46. The first-order valence-electron chi connectivity index (χ1n) is 11.4. The lowest BCUT2D eigenvalue weighted by Gasteiger charge is -2.34. The van der Waals surface area contributed by atoms with Crippen LogP contribution in [0.15, 0.2) is 42.5 Å². The van der Waals surface area contributed by atoms with Crippen molar-refractivity contribution in [3.8, 4) is 11.5 Å². The summed E-state index contributed by atoms with van der Waals surface area (Å²) < 4.78 is 41.0. The van der Waals surface area contributed by atoms with Gasteiger partial charge in [0.05, 0.1) is 20.1 Å². The van der Waals surface area contributed by atoms with Gasteiger partial charge in [-0.05, 0) is 92.2 Å². The van der Waals surface area contributed by atoms with Crippen LogP contribution in [0.2, 0.25) is 0 Å². The Hall–Kier alpha value is -2.28. The Kier molecular flexibility index (Phi) is 8.27. The minimum absolute atomic E-state index is 0. The lowest BCUT2D eigenvalue weighted by molar-refractivity contribution is -0.137. The van der Waals surface area contributed by atoms with E-state index >= 15 is 4.39 Å². The molecular formula is C26H32F2O4S. The Bertz CT molecular complexity index is 955. The third-order valence-electron chi connectivity index (χ3n) is 6.91. The van der Waals surface area contributed by atoms with Gasteiger partial charge >= 0.3 is 5.97 Å². The van der Waals surface area contributed by atoms with Crippen LogP contribution in [-0.4, -0.2) is 24.8 Å². The lowest BCUT2D eigenvalue weighted by Crippen LogP contribution is -2.30. The van der Waals surface area contributed by atoms with Crippen LogP contribution in [0.1, 0.15) is 62.0 Å². The van der Waals surface area contributed by atoms with Gasteiger partial charge in [0.1, 0.15) is 23.0 Å². The third-order valence-corrected chi connectivity index (χ3v) is 6.91. The second-order valence-corrected chi connectivity index (χ2v) is 9.18. The van der Waals surface area contributed by atoms with Gasteiger partial charge in [0.15, 0.2) is 0 Å². The zero-order valence-electron chi connectivity index (χ0n) is 18.9. The van der Waals surface area contributed by atoms with Gasteiger partial charge in [-0.15, -0.1) is 0 Å². The first kappa shape index (κ1) is 25.3. The molecule has 2 aromatic rings. The van der Waals surface area contributed by atoms with Crippen LogP contribution in [0.5, 0.6) is 11.5 Å². The van der Waals surface area contributed by atoms with Gasteiger partial charge in [-0.3, -0.25) is 4.79 Å². The van der Waals surface area contributed by atoms with Crippen molar-refractivity contribution in [2.24, 2.45) is 11.8 Å². The maximum atomic E-state index is 15.6. The van der Waals surface area contributed by atoms with Gasteiger partial charge in [0.25, 0.3) is 0 Å². The number of rotatable bonds is 9. The molecule has 0 aliphatic heterocycles. The van der Waals surface area contributed by atoms with Crippen molar-refractivity contribution in [2.75, 3.05) is 13.7 Å². The fourth-order valence-electron chi connectivity index (χ4n) is 4.84. The van der Waals surface area contributed by atoms with Gasteiger partial charge in [-0.1, -0.05) is 12.1 Å². The van der Waals surface area contributed by atoms with Gasteiger partial charge in [0.2, 0.25) is 0 Å². The van der Waals surface area contributed by atoms with Crippen molar-refractivity contribution < 1.29 is 28.2 Å².